The lowest BCUT2D eigenvalue weighted by Gasteiger charge is -2.32. The summed E-state index contributed by atoms with van der Waals surface area (Å²) in [7, 11) is 2.15. The molecule has 0 bridgehead atoms. The smallest absolute Gasteiger partial charge is 0.216 e. The van der Waals surface area contributed by atoms with Crippen molar-refractivity contribution in [1.29, 1.82) is 0 Å². The number of benzene rings is 1. The number of rotatable bonds is 8. The van der Waals surface area contributed by atoms with Crippen LogP contribution in [0.4, 0.5) is 5.82 Å². The Balaban J connectivity index is 1.32. The molecule has 2 aromatic heterocycles. The molecule has 0 saturated carbocycles. The highest BCUT2D eigenvalue weighted by Gasteiger charge is 2.20. The standard InChI is InChI=1S/C30H37Cl2N7O/c1-21(40)33-17-22-3-5-38(6-4-22)20-23-11-27(36-29(12-23)24-13-25(31)15-26(32)14-24)16-28-18-35-30(19-34-28)39-9-7-37(2)8-10-39/h11-15,18-19,22H,3-10,16-17,20H2,1-2H3,(H,33,40). The second-order valence-electron chi connectivity index (χ2n) is 11.0. The molecule has 8 nitrogen and oxygen atoms in total. The van der Waals surface area contributed by atoms with Gasteiger partial charge in [-0.15, -0.1) is 0 Å². The molecular weight excluding hydrogens is 545 g/mol. The van der Waals surface area contributed by atoms with Gasteiger partial charge in [-0.1, -0.05) is 23.2 Å². The number of carbonyl (C=O) groups excluding carboxylic acids is 1. The third kappa shape index (κ3) is 7.91. The van der Waals surface area contributed by atoms with E-state index in [0.717, 1.165) is 93.7 Å². The molecule has 0 unspecified atom stereocenters. The van der Waals surface area contributed by atoms with E-state index >= 15 is 0 Å². The van der Waals surface area contributed by atoms with E-state index in [1.54, 1.807) is 13.0 Å². The number of hydrogen-bond acceptors (Lipinski definition) is 7. The number of piperidine rings is 1. The third-order valence-electron chi connectivity index (χ3n) is 7.73. The lowest BCUT2D eigenvalue weighted by Crippen LogP contribution is -2.44. The molecule has 1 N–H and O–H groups in total. The molecule has 0 aliphatic carbocycles. The zero-order valence-electron chi connectivity index (χ0n) is 23.2. The van der Waals surface area contributed by atoms with Crippen LogP contribution in [0.2, 0.25) is 10.0 Å². The Labute approximate surface area is 246 Å². The van der Waals surface area contributed by atoms with Crippen LogP contribution in [0, 0.1) is 5.92 Å². The highest BCUT2D eigenvalue weighted by atomic mass is 35.5. The van der Waals surface area contributed by atoms with Gasteiger partial charge >= 0.3 is 0 Å². The minimum Gasteiger partial charge on any atom is -0.356 e. The molecule has 10 heteroatoms. The van der Waals surface area contributed by atoms with Crippen molar-refractivity contribution in [2.75, 3.05) is 57.8 Å². The van der Waals surface area contributed by atoms with Gasteiger partial charge in [-0.25, -0.2) is 4.98 Å². The molecule has 1 amide bonds. The molecule has 2 aliphatic heterocycles. The van der Waals surface area contributed by atoms with Gasteiger partial charge in [0.25, 0.3) is 0 Å². The molecule has 40 heavy (non-hydrogen) atoms. The predicted molar refractivity (Wildman–Crippen MR) is 161 cm³/mol. The van der Waals surface area contributed by atoms with Gasteiger partial charge in [0.05, 0.1) is 23.8 Å². The number of likely N-dealkylation sites (tertiary alicyclic amines) is 1. The maximum absolute atomic E-state index is 11.3. The Kier molecular flexibility index (Phi) is 9.52. The lowest BCUT2D eigenvalue weighted by atomic mass is 9.96. The number of carbonyl (C=O) groups is 1. The minimum absolute atomic E-state index is 0.0408. The van der Waals surface area contributed by atoms with Gasteiger partial charge in [-0.05, 0) is 74.8 Å². The Bertz CT molecular complexity index is 1280. The van der Waals surface area contributed by atoms with E-state index in [1.165, 1.54) is 5.56 Å². The fourth-order valence-electron chi connectivity index (χ4n) is 5.40. The lowest BCUT2D eigenvalue weighted by molar-refractivity contribution is -0.119. The van der Waals surface area contributed by atoms with Crippen LogP contribution in [0.1, 0.15) is 36.7 Å². The van der Waals surface area contributed by atoms with Crippen molar-refractivity contribution in [2.24, 2.45) is 5.92 Å². The summed E-state index contributed by atoms with van der Waals surface area (Å²) >= 11 is 12.7. The number of aromatic nitrogens is 3. The number of piperazine rings is 1. The number of likely N-dealkylation sites (N-methyl/N-ethyl adjacent to an activating group) is 1. The van der Waals surface area contributed by atoms with Gasteiger partial charge < -0.3 is 15.1 Å². The van der Waals surface area contributed by atoms with Crippen molar-refractivity contribution >= 4 is 34.9 Å². The minimum atomic E-state index is 0.0408. The molecule has 3 aromatic rings. The maximum atomic E-state index is 11.3. The number of nitrogens with one attached hydrogen (secondary N) is 1. The van der Waals surface area contributed by atoms with Crippen LogP contribution in [0.15, 0.2) is 42.7 Å². The number of halogens is 2. The fraction of sp³-hybridized carbons (Fsp3) is 0.467. The van der Waals surface area contributed by atoms with Crippen LogP contribution in [0.3, 0.4) is 0 Å². The van der Waals surface area contributed by atoms with E-state index in [4.69, 9.17) is 38.2 Å². The molecule has 4 heterocycles. The normalized spacial score (nSPS) is 17.2. The van der Waals surface area contributed by atoms with Gasteiger partial charge in [-0.2, -0.15) is 0 Å². The van der Waals surface area contributed by atoms with E-state index < -0.39 is 0 Å². The highest BCUT2D eigenvalue weighted by Crippen LogP contribution is 2.28. The zero-order chi connectivity index (χ0) is 28.1. The summed E-state index contributed by atoms with van der Waals surface area (Å²) in [4.78, 5) is 32.8. The van der Waals surface area contributed by atoms with E-state index in [-0.39, 0.29) is 5.91 Å². The summed E-state index contributed by atoms with van der Waals surface area (Å²) in [6.07, 6.45) is 6.49. The zero-order valence-corrected chi connectivity index (χ0v) is 24.8. The highest BCUT2D eigenvalue weighted by molar-refractivity contribution is 6.35. The monoisotopic (exact) mass is 581 g/mol. The molecule has 0 atom stereocenters. The Morgan fingerprint density at radius 3 is 2.30 bits per heavy atom. The number of hydrogen-bond donors (Lipinski definition) is 1. The molecule has 212 valence electrons. The Morgan fingerprint density at radius 1 is 0.925 bits per heavy atom. The number of pyridine rings is 1. The average molecular weight is 583 g/mol. The van der Waals surface area contributed by atoms with E-state index in [9.17, 15) is 4.79 Å². The quantitative estimate of drug-likeness (QED) is 0.418. The Morgan fingerprint density at radius 2 is 1.65 bits per heavy atom. The van der Waals surface area contributed by atoms with Crippen molar-refractivity contribution in [1.82, 2.24) is 30.1 Å². The molecule has 2 saturated heterocycles. The van der Waals surface area contributed by atoms with Crippen molar-refractivity contribution in [2.45, 2.75) is 32.7 Å². The van der Waals surface area contributed by atoms with Crippen molar-refractivity contribution in [3.8, 4) is 11.3 Å². The number of anilines is 1. The first-order chi connectivity index (χ1) is 19.3. The molecule has 5 rings (SSSR count). The van der Waals surface area contributed by atoms with Gasteiger partial charge in [0.1, 0.15) is 5.82 Å². The van der Waals surface area contributed by atoms with E-state index in [1.807, 2.05) is 24.5 Å². The predicted octanol–water partition coefficient (Wildman–Crippen LogP) is 4.54. The fourth-order valence-corrected chi connectivity index (χ4v) is 5.93. The third-order valence-corrected chi connectivity index (χ3v) is 8.17. The first-order valence-corrected chi connectivity index (χ1v) is 14.7. The summed E-state index contributed by atoms with van der Waals surface area (Å²) in [6, 6.07) is 9.86. The topological polar surface area (TPSA) is 77.5 Å². The van der Waals surface area contributed by atoms with Crippen LogP contribution < -0.4 is 10.2 Å². The summed E-state index contributed by atoms with van der Waals surface area (Å²) in [5, 5.41) is 4.14. The summed E-state index contributed by atoms with van der Waals surface area (Å²) in [6.45, 7) is 9.16. The first-order valence-electron chi connectivity index (χ1n) is 14.0. The number of amides is 1. The summed E-state index contributed by atoms with van der Waals surface area (Å²) in [5.74, 6) is 1.50. The van der Waals surface area contributed by atoms with Crippen molar-refractivity contribution < 1.29 is 4.79 Å². The molecule has 2 aliphatic rings. The average Bonchev–Trinajstić information content (AvgIpc) is 2.93. The molecule has 1 aromatic carbocycles. The van der Waals surface area contributed by atoms with E-state index in [2.05, 4.69) is 39.2 Å². The molecule has 0 spiro atoms. The van der Waals surface area contributed by atoms with Crippen molar-refractivity contribution in [3.63, 3.8) is 0 Å². The SMILES string of the molecule is CC(=O)NCC1CCN(Cc2cc(Cc3cnc(N4CCN(C)CC4)cn3)nc(-c3cc(Cl)cc(Cl)c3)c2)CC1. The first kappa shape index (κ1) is 28.7. The second-order valence-corrected chi connectivity index (χ2v) is 11.9. The van der Waals surface area contributed by atoms with Crippen LogP contribution in [0.25, 0.3) is 11.3 Å². The van der Waals surface area contributed by atoms with Gasteiger partial charge in [0.15, 0.2) is 0 Å². The van der Waals surface area contributed by atoms with Crippen LogP contribution in [-0.4, -0.2) is 83.5 Å². The molecule has 2 fully saturated rings. The van der Waals surface area contributed by atoms with Crippen LogP contribution in [-0.2, 0) is 17.8 Å². The largest absolute Gasteiger partial charge is 0.356 e. The van der Waals surface area contributed by atoms with Gasteiger partial charge in [0, 0.05) is 73.9 Å². The maximum Gasteiger partial charge on any atom is 0.216 e. The molecular formula is C30H37Cl2N7O. The molecule has 0 radical (unpaired) electrons. The van der Waals surface area contributed by atoms with Crippen molar-refractivity contribution in [3.05, 3.63) is 69.7 Å². The van der Waals surface area contributed by atoms with Gasteiger partial charge in [-0.3, -0.25) is 19.7 Å². The summed E-state index contributed by atoms with van der Waals surface area (Å²) < 4.78 is 0. The van der Waals surface area contributed by atoms with Gasteiger partial charge in [0.2, 0.25) is 5.91 Å². The summed E-state index contributed by atoms with van der Waals surface area (Å²) in [5.41, 5.74) is 4.76. The number of nitrogens with zero attached hydrogens (tertiary/aromatic N) is 6. The van der Waals surface area contributed by atoms with Crippen LogP contribution >= 0.6 is 23.2 Å². The second kappa shape index (κ2) is 13.3. The Hall–Kier alpha value is -2.78. The van der Waals surface area contributed by atoms with E-state index in [0.29, 0.717) is 22.4 Å². The van der Waals surface area contributed by atoms with Crippen LogP contribution in [0.5, 0.6) is 0 Å².